The Morgan fingerprint density at radius 3 is 2.50 bits per heavy atom. The number of nitrogens with two attached hydrogens (primary N) is 1. The molecule has 0 radical (unpaired) electrons. The Kier molecular flexibility index (Phi) is 3.39. The number of hydrogen-bond donors (Lipinski definition) is 3. The van der Waals surface area contributed by atoms with Crippen molar-refractivity contribution in [3.05, 3.63) is 35.4 Å². The van der Waals surface area contributed by atoms with Gasteiger partial charge in [0.15, 0.2) is 5.06 Å². The molecule has 1 atom stereocenters. The molecule has 0 aliphatic rings. The molecule has 0 heterocycles. The minimum Gasteiger partial charge on any atom is -0.363 e. The molecule has 1 aromatic carbocycles. The first kappa shape index (κ1) is 10.3. The molecule has 0 fully saturated rings. The lowest BCUT2D eigenvalue weighted by Gasteiger charge is -2.19. The maximum atomic E-state index is 9.44. The second-order valence-corrected chi connectivity index (χ2v) is 3.96. The number of thiol groups is 1. The lowest BCUT2D eigenvalue weighted by molar-refractivity contribution is 0.147. The molecule has 1 aromatic rings. The van der Waals surface area contributed by atoms with Crippen molar-refractivity contribution in [1.82, 2.24) is 0 Å². The van der Waals surface area contributed by atoms with Crippen LogP contribution in [-0.4, -0.2) is 5.11 Å². The van der Waals surface area contributed by atoms with Crippen molar-refractivity contribution in [1.29, 1.82) is 0 Å². The summed E-state index contributed by atoms with van der Waals surface area (Å²) in [5.41, 5.74) is 7.13. The normalized spacial score (nSPS) is 15.7. The number of alkyl halides is 1. The van der Waals surface area contributed by atoms with E-state index in [9.17, 15) is 5.11 Å². The van der Waals surface area contributed by atoms with Crippen molar-refractivity contribution in [2.45, 2.75) is 9.48 Å². The topological polar surface area (TPSA) is 46.2 Å². The summed E-state index contributed by atoms with van der Waals surface area (Å²) in [6.45, 7) is 0. The van der Waals surface area contributed by atoms with E-state index in [-0.39, 0.29) is 0 Å². The highest BCUT2D eigenvalue weighted by Crippen LogP contribution is 2.24. The van der Waals surface area contributed by atoms with E-state index in [1.165, 1.54) is 0 Å². The van der Waals surface area contributed by atoms with Gasteiger partial charge in [0.2, 0.25) is 0 Å². The smallest absolute Gasteiger partial charge is 0.186 e. The molecule has 0 aliphatic carbocycles. The van der Waals surface area contributed by atoms with E-state index in [1.807, 2.05) is 18.2 Å². The monoisotopic (exact) mass is 295 g/mol. The first-order valence-electron chi connectivity index (χ1n) is 3.43. The molecule has 66 valence electrons. The molecule has 4 heteroatoms. The fourth-order valence-electron chi connectivity index (χ4n) is 0.996. The van der Waals surface area contributed by atoms with Crippen molar-refractivity contribution >= 4 is 35.2 Å². The van der Waals surface area contributed by atoms with Crippen LogP contribution in [0, 0.1) is 0 Å². The Bertz CT molecular complexity index is 272. The van der Waals surface area contributed by atoms with Crippen molar-refractivity contribution in [2.24, 2.45) is 5.73 Å². The summed E-state index contributed by atoms with van der Waals surface area (Å²) in [6, 6.07) is 7.45. The second kappa shape index (κ2) is 3.95. The van der Waals surface area contributed by atoms with Crippen molar-refractivity contribution in [3.63, 3.8) is 0 Å². The Hall–Kier alpha value is 0.220. The van der Waals surface area contributed by atoms with Crippen LogP contribution in [0.3, 0.4) is 0 Å². The second-order valence-electron chi connectivity index (χ2n) is 2.52. The van der Waals surface area contributed by atoms with Crippen LogP contribution < -0.4 is 5.73 Å². The van der Waals surface area contributed by atoms with Crippen LogP contribution >= 0.6 is 35.2 Å². The van der Waals surface area contributed by atoms with Gasteiger partial charge in [-0.05, 0) is 5.56 Å². The summed E-state index contributed by atoms with van der Waals surface area (Å²) in [7, 11) is 0. The Balaban J connectivity index is 3.14. The molecule has 3 N–H and O–H groups in total. The first-order valence-corrected chi connectivity index (χ1v) is 5.41. The van der Waals surface area contributed by atoms with Crippen LogP contribution in [-0.2, 0) is 9.48 Å². The van der Waals surface area contributed by atoms with Gasteiger partial charge >= 0.3 is 0 Å². The molecule has 0 amide bonds. The third kappa shape index (κ3) is 2.35. The summed E-state index contributed by atoms with van der Waals surface area (Å²) in [5, 5.41) is 7.91. The summed E-state index contributed by atoms with van der Waals surface area (Å²) in [5.74, 6) is 0. The van der Waals surface area contributed by atoms with Crippen LogP contribution in [0.1, 0.15) is 11.1 Å². The van der Waals surface area contributed by atoms with Gasteiger partial charge in [-0.3, -0.25) is 5.73 Å². The summed E-state index contributed by atoms with van der Waals surface area (Å²) in [4.78, 5) is 0. The van der Waals surface area contributed by atoms with Crippen molar-refractivity contribution in [2.75, 3.05) is 0 Å². The van der Waals surface area contributed by atoms with Gasteiger partial charge in [0, 0.05) is 9.99 Å². The van der Waals surface area contributed by atoms with Gasteiger partial charge in [-0.2, -0.15) is 0 Å². The largest absolute Gasteiger partial charge is 0.363 e. The van der Waals surface area contributed by atoms with Crippen LogP contribution in [0.5, 0.6) is 0 Å². The fraction of sp³-hybridized carbons (Fsp3) is 0.250. The third-order valence-corrected chi connectivity index (χ3v) is 2.62. The van der Waals surface area contributed by atoms with Gasteiger partial charge in [-0.15, -0.1) is 12.6 Å². The Morgan fingerprint density at radius 2 is 2.08 bits per heavy atom. The molecule has 0 aromatic heterocycles. The lowest BCUT2D eigenvalue weighted by Crippen LogP contribution is -2.30. The molecular formula is C8H10INOS. The predicted octanol–water partition coefficient (Wildman–Crippen LogP) is 1.61. The average Bonchev–Trinajstić information content (AvgIpc) is 2.03. The minimum absolute atomic E-state index is 0.669. The Morgan fingerprint density at radius 1 is 1.50 bits per heavy atom. The molecule has 0 saturated heterocycles. The van der Waals surface area contributed by atoms with Gasteiger partial charge in [-0.1, -0.05) is 46.9 Å². The van der Waals surface area contributed by atoms with Crippen molar-refractivity contribution in [3.8, 4) is 0 Å². The molecule has 0 bridgehead atoms. The molecule has 0 aliphatic heterocycles. The minimum atomic E-state index is -1.53. The summed E-state index contributed by atoms with van der Waals surface area (Å²) < 4.78 is 0.813. The summed E-state index contributed by atoms with van der Waals surface area (Å²) >= 11 is 6.12. The fourth-order valence-corrected chi connectivity index (χ4v) is 1.88. The van der Waals surface area contributed by atoms with E-state index < -0.39 is 5.06 Å². The highest BCUT2D eigenvalue weighted by molar-refractivity contribution is 14.1. The zero-order chi connectivity index (χ0) is 9.19. The standard InChI is InChI=1S/C8H10INOS/c9-5-6-3-1-2-4-7(6)8(10,11)12/h1-4,11-12H,5,10H2. The van der Waals surface area contributed by atoms with Gasteiger partial charge in [0.05, 0.1) is 0 Å². The highest BCUT2D eigenvalue weighted by atomic mass is 127. The van der Waals surface area contributed by atoms with E-state index >= 15 is 0 Å². The van der Waals surface area contributed by atoms with Gasteiger partial charge in [-0.25, -0.2) is 0 Å². The van der Waals surface area contributed by atoms with Crippen LogP contribution in [0.4, 0.5) is 0 Å². The number of benzene rings is 1. The van der Waals surface area contributed by atoms with E-state index in [0.29, 0.717) is 5.56 Å². The number of aliphatic hydroxyl groups is 1. The van der Waals surface area contributed by atoms with Crippen LogP contribution in [0.15, 0.2) is 24.3 Å². The van der Waals surface area contributed by atoms with Crippen molar-refractivity contribution < 1.29 is 5.11 Å². The van der Waals surface area contributed by atoms with E-state index in [1.54, 1.807) is 6.07 Å². The maximum absolute atomic E-state index is 9.44. The predicted molar refractivity (Wildman–Crippen MR) is 61.2 cm³/mol. The number of rotatable bonds is 2. The molecule has 0 spiro atoms. The van der Waals surface area contributed by atoms with Crippen LogP contribution in [0.2, 0.25) is 0 Å². The summed E-state index contributed by atoms with van der Waals surface area (Å²) in [6.07, 6.45) is 0. The Labute approximate surface area is 90.7 Å². The molecule has 1 unspecified atom stereocenters. The SMILES string of the molecule is NC(O)(S)c1ccccc1CI. The van der Waals surface area contributed by atoms with Crippen LogP contribution in [0.25, 0.3) is 0 Å². The van der Waals surface area contributed by atoms with E-state index in [2.05, 4.69) is 35.2 Å². The zero-order valence-electron chi connectivity index (χ0n) is 6.37. The molecular weight excluding hydrogens is 285 g/mol. The van der Waals surface area contributed by atoms with Gasteiger partial charge in [0.1, 0.15) is 0 Å². The van der Waals surface area contributed by atoms with E-state index in [0.717, 1.165) is 9.99 Å². The quantitative estimate of drug-likeness (QED) is 0.336. The van der Waals surface area contributed by atoms with E-state index in [4.69, 9.17) is 5.73 Å². The molecule has 0 saturated carbocycles. The number of hydrogen-bond acceptors (Lipinski definition) is 3. The highest BCUT2D eigenvalue weighted by Gasteiger charge is 2.20. The maximum Gasteiger partial charge on any atom is 0.186 e. The zero-order valence-corrected chi connectivity index (χ0v) is 9.42. The van der Waals surface area contributed by atoms with Gasteiger partial charge < -0.3 is 5.11 Å². The van der Waals surface area contributed by atoms with Gasteiger partial charge in [0.25, 0.3) is 0 Å². The molecule has 2 nitrogen and oxygen atoms in total. The third-order valence-electron chi connectivity index (χ3n) is 1.56. The first-order chi connectivity index (χ1) is 5.55. The molecule has 1 rings (SSSR count). The molecule has 12 heavy (non-hydrogen) atoms. The lowest BCUT2D eigenvalue weighted by atomic mass is 10.1. The average molecular weight is 295 g/mol. The number of halogens is 1.